The third kappa shape index (κ3) is 4.23. The molecule has 1 aliphatic carbocycles. The zero-order valence-electron chi connectivity index (χ0n) is 14.0. The standard InChI is InChI=1S/C18H17ClN2O4S/c1-26(24,25)16-5-3-2-4-14(16)18(23)21-12-8-9-13(15(19)10-12)17(22)20-11-6-7-11/h2-5,8-11H,6-7H2,1H3,(H,20,22)(H,21,23). The van der Waals surface area contributed by atoms with Gasteiger partial charge in [-0.3, -0.25) is 9.59 Å². The van der Waals surface area contributed by atoms with Crippen LogP contribution in [0.4, 0.5) is 5.69 Å². The minimum absolute atomic E-state index is 0.0432. The number of sulfone groups is 1. The van der Waals surface area contributed by atoms with Crippen molar-refractivity contribution in [1.29, 1.82) is 0 Å². The van der Waals surface area contributed by atoms with Crippen LogP contribution in [-0.2, 0) is 9.84 Å². The molecule has 0 heterocycles. The van der Waals surface area contributed by atoms with Crippen molar-refractivity contribution in [1.82, 2.24) is 5.32 Å². The second kappa shape index (κ2) is 7.09. The topological polar surface area (TPSA) is 92.3 Å². The molecule has 2 aromatic rings. The molecule has 0 bridgehead atoms. The highest BCUT2D eigenvalue weighted by molar-refractivity contribution is 7.90. The second-order valence-corrected chi connectivity index (χ2v) is 8.56. The van der Waals surface area contributed by atoms with E-state index in [1.807, 2.05) is 0 Å². The van der Waals surface area contributed by atoms with Crippen LogP contribution in [0.2, 0.25) is 5.02 Å². The molecule has 136 valence electrons. The fourth-order valence-electron chi connectivity index (χ4n) is 2.44. The molecule has 0 aromatic heterocycles. The number of carbonyl (C=O) groups is 2. The lowest BCUT2D eigenvalue weighted by Gasteiger charge is -2.11. The molecule has 0 unspecified atom stereocenters. The maximum absolute atomic E-state index is 12.5. The summed E-state index contributed by atoms with van der Waals surface area (Å²) in [5, 5.41) is 5.66. The predicted molar refractivity (Wildman–Crippen MR) is 99.4 cm³/mol. The number of carbonyl (C=O) groups excluding carboxylic acids is 2. The van der Waals surface area contributed by atoms with Gasteiger partial charge in [-0.25, -0.2) is 8.42 Å². The van der Waals surface area contributed by atoms with Crippen LogP contribution in [0.5, 0.6) is 0 Å². The van der Waals surface area contributed by atoms with E-state index in [9.17, 15) is 18.0 Å². The van der Waals surface area contributed by atoms with Crippen LogP contribution in [0.25, 0.3) is 0 Å². The zero-order valence-corrected chi connectivity index (χ0v) is 15.5. The summed E-state index contributed by atoms with van der Waals surface area (Å²) in [5.41, 5.74) is 0.737. The Bertz CT molecular complexity index is 984. The molecule has 8 heteroatoms. The van der Waals surface area contributed by atoms with E-state index in [1.54, 1.807) is 18.2 Å². The van der Waals surface area contributed by atoms with Crippen molar-refractivity contribution in [3.63, 3.8) is 0 Å². The molecule has 26 heavy (non-hydrogen) atoms. The van der Waals surface area contributed by atoms with Crippen molar-refractivity contribution in [2.24, 2.45) is 0 Å². The minimum Gasteiger partial charge on any atom is -0.349 e. The smallest absolute Gasteiger partial charge is 0.256 e. The summed E-state index contributed by atoms with van der Waals surface area (Å²) >= 11 is 6.15. The van der Waals surface area contributed by atoms with E-state index in [0.29, 0.717) is 11.3 Å². The normalized spacial score (nSPS) is 13.9. The van der Waals surface area contributed by atoms with E-state index in [-0.39, 0.29) is 27.4 Å². The summed E-state index contributed by atoms with van der Waals surface area (Å²) in [6.45, 7) is 0. The van der Waals surface area contributed by atoms with Crippen molar-refractivity contribution < 1.29 is 18.0 Å². The SMILES string of the molecule is CS(=O)(=O)c1ccccc1C(=O)Nc1ccc(C(=O)NC2CC2)c(Cl)c1. The van der Waals surface area contributed by atoms with Gasteiger partial charge in [0.25, 0.3) is 11.8 Å². The molecule has 1 saturated carbocycles. The highest BCUT2D eigenvalue weighted by Crippen LogP contribution is 2.25. The number of anilines is 1. The lowest BCUT2D eigenvalue weighted by molar-refractivity contribution is 0.0950. The summed E-state index contributed by atoms with van der Waals surface area (Å²) in [5.74, 6) is -0.824. The number of halogens is 1. The van der Waals surface area contributed by atoms with Crippen LogP contribution < -0.4 is 10.6 Å². The maximum atomic E-state index is 12.5. The first-order chi connectivity index (χ1) is 12.3. The highest BCUT2D eigenvalue weighted by Gasteiger charge is 2.25. The number of amides is 2. The molecular formula is C18H17ClN2O4S. The largest absolute Gasteiger partial charge is 0.349 e. The van der Waals surface area contributed by atoms with Gasteiger partial charge in [-0.1, -0.05) is 23.7 Å². The Balaban J connectivity index is 1.80. The number of hydrogen-bond acceptors (Lipinski definition) is 4. The fraction of sp³-hybridized carbons (Fsp3) is 0.222. The van der Waals surface area contributed by atoms with Crippen LogP contribution in [0.3, 0.4) is 0 Å². The van der Waals surface area contributed by atoms with Gasteiger partial charge >= 0.3 is 0 Å². The van der Waals surface area contributed by atoms with E-state index in [4.69, 9.17) is 11.6 Å². The third-order valence-electron chi connectivity index (χ3n) is 3.92. The Morgan fingerprint density at radius 3 is 2.35 bits per heavy atom. The highest BCUT2D eigenvalue weighted by atomic mass is 35.5. The van der Waals surface area contributed by atoms with Gasteiger partial charge in [0.1, 0.15) is 0 Å². The first-order valence-electron chi connectivity index (χ1n) is 7.96. The molecule has 0 radical (unpaired) electrons. The molecule has 3 rings (SSSR count). The van der Waals surface area contributed by atoms with Gasteiger partial charge in [-0.15, -0.1) is 0 Å². The Kier molecular flexibility index (Phi) is 5.02. The average Bonchev–Trinajstić information content (AvgIpc) is 3.38. The molecule has 2 N–H and O–H groups in total. The van der Waals surface area contributed by atoms with E-state index in [2.05, 4.69) is 10.6 Å². The lowest BCUT2D eigenvalue weighted by atomic mass is 10.1. The fourth-order valence-corrected chi connectivity index (χ4v) is 3.60. The van der Waals surface area contributed by atoms with Crippen molar-refractivity contribution in [2.45, 2.75) is 23.8 Å². The van der Waals surface area contributed by atoms with Crippen LogP contribution in [0, 0.1) is 0 Å². The molecule has 2 aromatic carbocycles. The van der Waals surface area contributed by atoms with E-state index in [0.717, 1.165) is 19.1 Å². The molecule has 0 atom stereocenters. The van der Waals surface area contributed by atoms with Gasteiger partial charge in [-0.2, -0.15) is 0 Å². The molecule has 2 amide bonds. The first-order valence-corrected chi connectivity index (χ1v) is 10.2. The third-order valence-corrected chi connectivity index (χ3v) is 5.38. The Labute approximate surface area is 156 Å². The maximum Gasteiger partial charge on any atom is 0.256 e. The summed E-state index contributed by atoms with van der Waals surface area (Å²) in [4.78, 5) is 24.5. The first kappa shape index (κ1) is 18.4. The lowest BCUT2D eigenvalue weighted by Crippen LogP contribution is -2.25. The molecule has 0 aliphatic heterocycles. The zero-order chi connectivity index (χ0) is 18.9. The Morgan fingerprint density at radius 1 is 1.04 bits per heavy atom. The van der Waals surface area contributed by atoms with Crippen molar-refractivity contribution in [3.8, 4) is 0 Å². The number of benzene rings is 2. The number of rotatable bonds is 5. The van der Waals surface area contributed by atoms with Crippen LogP contribution in [0.1, 0.15) is 33.6 Å². The molecule has 6 nitrogen and oxygen atoms in total. The van der Waals surface area contributed by atoms with Gasteiger partial charge in [0.05, 0.1) is 21.0 Å². The van der Waals surface area contributed by atoms with Gasteiger partial charge in [-0.05, 0) is 43.2 Å². The summed E-state index contributed by atoms with van der Waals surface area (Å²) in [6, 6.07) is 10.7. The predicted octanol–water partition coefficient (Wildman–Crippen LogP) is 2.89. The van der Waals surface area contributed by atoms with Gasteiger partial charge in [0, 0.05) is 18.0 Å². The van der Waals surface area contributed by atoms with Crippen LogP contribution in [-0.4, -0.2) is 32.5 Å². The van der Waals surface area contributed by atoms with Crippen LogP contribution >= 0.6 is 11.6 Å². The molecule has 0 spiro atoms. The molecule has 1 fully saturated rings. The second-order valence-electron chi connectivity index (χ2n) is 6.16. The van der Waals surface area contributed by atoms with E-state index >= 15 is 0 Å². The van der Waals surface area contributed by atoms with E-state index in [1.165, 1.54) is 24.3 Å². The van der Waals surface area contributed by atoms with Crippen molar-refractivity contribution in [3.05, 3.63) is 58.6 Å². The molecular weight excluding hydrogens is 376 g/mol. The van der Waals surface area contributed by atoms with Crippen molar-refractivity contribution in [2.75, 3.05) is 11.6 Å². The summed E-state index contributed by atoms with van der Waals surface area (Å²) in [6.07, 6.45) is 2.98. The molecule has 0 saturated heterocycles. The quantitative estimate of drug-likeness (QED) is 0.818. The summed E-state index contributed by atoms with van der Waals surface area (Å²) in [7, 11) is -3.54. The monoisotopic (exact) mass is 392 g/mol. The van der Waals surface area contributed by atoms with Gasteiger partial charge < -0.3 is 10.6 Å². The Morgan fingerprint density at radius 2 is 1.73 bits per heavy atom. The number of nitrogens with one attached hydrogen (secondary N) is 2. The van der Waals surface area contributed by atoms with Gasteiger partial charge in [0.2, 0.25) is 0 Å². The average molecular weight is 393 g/mol. The van der Waals surface area contributed by atoms with Crippen LogP contribution in [0.15, 0.2) is 47.4 Å². The summed E-state index contributed by atoms with van der Waals surface area (Å²) < 4.78 is 23.7. The number of hydrogen-bond donors (Lipinski definition) is 2. The minimum atomic E-state index is -3.54. The van der Waals surface area contributed by atoms with Gasteiger partial charge in [0.15, 0.2) is 9.84 Å². The van der Waals surface area contributed by atoms with Crippen molar-refractivity contribution >= 4 is 38.9 Å². The molecule has 1 aliphatic rings. The van der Waals surface area contributed by atoms with E-state index < -0.39 is 15.7 Å². The Hall–Kier alpha value is -2.38.